The van der Waals surface area contributed by atoms with Crippen molar-refractivity contribution in [3.63, 3.8) is 0 Å². The van der Waals surface area contributed by atoms with E-state index >= 15 is 0 Å². The van der Waals surface area contributed by atoms with E-state index in [1.807, 2.05) is 42.7 Å². The standard InChI is InChI=1S/C14H13NO2/c1-10-5-3-4-6-13(10)15-8-12(9-16)14(17)7-11(15)2/h3-9H,1-2H3. The number of benzene rings is 1. The Morgan fingerprint density at radius 2 is 1.88 bits per heavy atom. The summed E-state index contributed by atoms with van der Waals surface area (Å²) in [7, 11) is 0. The Bertz CT molecular complexity index is 626. The van der Waals surface area contributed by atoms with E-state index in [4.69, 9.17) is 0 Å². The number of hydrogen-bond acceptors (Lipinski definition) is 2. The SMILES string of the molecule is Cc1ccccc1-n1cc(C=O)c(=O)cc1C. The minimum atomic E-state index is -0.234. The fraction of sp³-hybridized carbons (Fsp3) is 0.143. The van der Waals surface area contributed by atoms with Crippen LogP contribution in [0.25, 0.3) is 5.69 Å². The molecule has 0 aliphatic heterocycles. The van der Waals surface area contributed by atoms with Gasteiger partial charge >= 0.3 is 0 Å². The number of aromatic nitrogens is 1. The van der Waals surface area contributed by atoms with Crippen molar-refractivity contribution in [3.8, 4) is 5.69 Å². The second kappa shape index (κ2) is 4.37. The molecule has 0 N–H and O–H groups in total. The number of pyridine rings is 1. The van der Waals surface area contributed by atoms with Crippen molar-refractivity contribution < 1.29 is 4.79 Å². The lowest BCUT2D eigenvalue weighted by Crippen LogP contribution is -2.14. The molecule has 0 unspecified atom stereocenters. The van der Waals surface area contributed by atoms with Gasteiger partial charge < -0.3 is 4.57 Å². The summed E-state index contributed by atoms with van der Waals surface area (Å²) < 4.78 is 1.86. The van der Waals surface area contributed by atoms with Gasteiger partial charge in [-0.3, -0.25) is 9.59 Å². The molecule has 0 radical (unpaired) electrons. The topological polar surface area (TPSA) is 39.1 Å². The van der Waals surface area contributed by atoms with E-state index in [9.17, 15) is 9.59 Å². The third-order valence-electron chi connectivity index (χ3n) is 2.77. The van der Waals surface area contributed by atoms with Crippen LogP contribution in [0.15, 0.2) is 41.3 Å². The largest absolute Gasteiger partial charge is 0.320 e. The molecule has 86 valence electrons. The molecule has 1 aromatic heterocycles. The fourth-order valence-corrected chi connectivity index (χ4v) is 1.83. The van der Waals surface area contributed by atoms with Crippen molar-refractivity contribution >= 4 is 6.29 Å². The summed E-state index contributed by atoms with van der Waals surface area (Å²) in [5.74, 6) is 0. The highest BCUT2D eigenvalue weighted by Crippen LogP contribution is 2.15. The van der Waals surface area contributed by atoms with E-state index in [1.54, 1.807) is 6.20 Å². The van der Waals surface area contributed by atoms with Crippen molar-refractivity contribution in [2.45, 2.75) is 13.8 Å². The second-order valence-corrected chi connectivity index (χ2v) is 4.01. The molecule has 2 aromatic rings. The first-order valence-corrected chi connectivity index (χ1v) is 5.38. The molecule has 17 heavy (non-hydrogen) atoms. The van der Waals surface area contributed by atoms with Gasteiger partial charge in [0.05, 0.1) is 5.56 Å². The number of aldehydes is 1. The highest BCUT2D eigenvalue weighted by Gasteiger charge is 2.06. The predicted molar refractivity (Wildman–Crippen MR) is 66.9 cm³/mol. The van der Waals surface area contributed by atoms with Crippen molar-refractivity contribution in [1.29, 1.82) is 0 Å². The molecule has 3 nitrogen and oxygen atoms in total. The van der Waals surface area contributed by atoms with Gasteiger partial charge in [0.25, 0.3) is 0 Å². The van der Waals surface area contributed by atoms with Crippen LogP contribution in [0, 0.1) is 13.8 Å². The zero-order valence-electron chi connectivity index (χ0n) is 9.81. The lowest BCUT2D eigenvalue weighted by molar-refractivity contribution is 0.112. The van der Waals surface area contributed by atoms with Crippen molar-refractivity contribution in [2.75, 3.05) is 0 Å². The molecule has 0 bridgehead atoms. The van der Waals surface area contributed by atoms with Crippen molar-refractivity contribution in [1.82, 2.24) is 4.57 Å². The summed E-state index contributed by atoms with van der Waals surface area (Å²) in [5.41, 5.74) is 2.83. The minimum Gasteiger partial charge on any atom is -0.320 e. The summed E-state index contributed by atoms with van der Waals surface area (Å²) in [4.78, 5) is 22.3. The van der Waals surface area contributed by atoms with Gasteiger partial charge in [0.1, 0.15) is 0 Å². The molecule has 0 atom stereocenters. The normalized spacial score (nSPS) is 10.2. The van der Waals surface area contributed by atoms with E-state index in [1.165, 1.54) is 6.07 Å². The highest BCUT2D eigenvalue weighted by molar-refractivity contribution is 5.74. The molecular formula is C14H13NO2. The van der Waals surface area contributed by atoms with Crippen LogP contribution >= 0.6 is 0 Å². The number of hydrogen-bond donors (Lipinski definition) is 0. The van der Waals surface area contributed by atoms with Crippen molar-refractivity contribution in [3.05, 3.63) is 63.6 Å². The Hall–Kier alpha value is -2.16. The van der Waals surface area contributed by atoms with Crippen LogP contribution < -0.4 is 5.43 Å². The van der Waals surface area contributed by atoms with Gasteiger partial charge in [-0.1, -0.05) is 18.2 Å². The first-order chi connectivity index (χ1) is 8.13. The first-order valence-electron chi connectivity index (χ1n) is 5.38. The Labute approximate surface area is 99.3 Å². The van der Waals surface area contributed by atoms with E-state index in [0.717, 1.165) is 16.9 Å². The number of nitrogens with zero attached hydrogens (tertiary/aromatic N) is 1. The molecule has 3 heteroatoms. The summed E-state index contributed by atoms with van der Waals surface area (Å²) in [6, 6.07) is 9.32. The summed E-state index contributed by atoms with van der Waals surface area (Å²) in [6.07, 6.45) is 2.18. The zero-order valence-corrected chi connectivity index (χ0v) is 9.81. The molecular weight excluding hydrogens is 214 g/mol. The Balaban J connectivity index is 2.72. The van der Waals surface area contributed by atoms with E-state index in [0.29, 0.717) is 6.29 Å². The maximum Gasteiger partial charge on any atom is 0.192 e. The van der Waals surface area contributed by atoms with Crippen LogP contribution in [0.3, 0.4) is 0 Å². The summed E-state index contributed by atoms with van der Waals surface area (Å²) >= 11 is 0. The van der Waals surface area contributed by atoms with Gasteiger partial charge in [0, 0.05) is 23.6 Å². The Morgan fingerprint density at radius 1 is 1.18 bits per heavy atom. The molecule has 1 aromatic carbocycles. The molecule has 0 spiro atoms. The van der Waals surface area contributed by atoms with Gasteiger partial charge in [-0.25, -0.2) is 0 Å². The number of aryl methyl sites for hydroxylation is 2. The molecule has 0 amide bonds. The lowest BCUT2D eigenvalue weighted by atomic mass is 10.1. The smallest absolute Gasteiger partial charge is 0.192 e. The molecule has 0 saturated carbocycles. The summed E-state index contributed by atoms with van der Waals surface area (Å²) in [5, 5.41) is 0. The second-order valence-electron chi connectivity index (χ2n) is 4.01. The Kier molecular flexibility index (Phi) is 2.91. The number of carbonyl (C=O) groups excluding carboxylic acids is 1. The van der Waals surface area contributed by atoms with Crippen LogP contribution in [0.5, 0.6) is 0 Å². The average Bonchev–Trinajstić information content (AvgIpc) is 2.31. The zero-order chi connectivity index (χ0) is 12.4. The molecule has 0 aliphatic carbocycles. The third-order valence-corrected chi connectivity index (χ3v) is 2.77. The van der Waals surface area contributed by atoms with E-state index in [-0.39, 0.29) is 11.0 Å². The summed E-state index contributed by atoms with van der Waals surface area (Å²) in [6.45, 7) is 3.84. The van der Waals surface area contributed by atoms with Crippen LogP contribution in [0.2, 0.25) is 0 Å². The Morgan fingerprint density at radius 3 is 2.53 bits per heavy atom. The maximum atomic E-state index is 11.5. The maximum absolute atomic E-state index is 11.5. The number of para-hydroxylation sites is 1. The highest BCUT2D eigenvalue weighted by atomic mass is 16.1. The van der Waals surface area contributed by atoms with Gasteiger partial charge in [-0.2, -0.15) is 0 Å². The van der Waals surface area contributed by atoms with Gasteiger partial charge in [-0.15, -0.1) is 0 Å². The molecule has 2 rings (SSSR count). The molecule has 0 aliphatic rings. The third kappa shape index (κ3) is 2.04. The molecule has 1 heterocycles. The van der Waals surface area contributed by atoms with Gasteiger partial charge in [0.15, 0.2) is 11.7 Å². The van der Waals surface area contributed by atoms with E-state index in [2.05, 4.69) is 0 Å². The average molecular weight is 227 g/mol. The van der Waals surface area contributed by atoms with Crippen LogP contribution in [0.1, 0.15) is 21.6 Å². The lowest BCUT2D eigenvalue weighted by Gasteiger charge is -2.13. The minimum absolute atomic E-state index is 0.179. The van der Waals surface area contributed by atoms with Crippen LogP contribution in [-0.4, -0.2) is 10.9 Å². The van der Waals surface area contributed by atoms with Crippen molar-refractivity contribution in [2.24, 2.45) is 0 Å². The van der Waals surface area contributed by atoms with Gasteiger partial charge in [0.2, 0.25) is 0 Å². The monoisotopic (exact) mass is 227 g/mol. The fourth-order valence-electron chi connectivity index (χ4n) is 1.83. The predicted octanol–water partition coefficient (Wildman–Crippen LogP) is 2.27. The van der Waals surface area contributed by atoms with Crippen LogP contribution in [-0.2, 0) is 0 Å². The molecule has 0 saturated heterocycles. The van der Waals surface area contributed by atoms with Crippen LogP contribution in [0.4, 0.5) is 0 Å². The van der Waals surface area contributed by atoms with E-state index < -0.39 is 0 Å². The van der Waals surface area contributed by atoms with Gasteiger partial charge in [-0.05, 0) is 25.5 Å². The number of rotatable bonds is 2. The quantitative estimate of drug-likeness (QED) is 0.738. The number of carbonyl (C=O) groups is 1. The molecule has 0 fully saturated rings. The first kappa shape index (κ1) is 11.3.